The SMILES string of the molecule is COCCCNC(=O)C1CC1C(=O)NCc1ccc2c(c1)OCO2. The Hall–Kier alpha value is -2.28. The Bertz CT molecular complexity index is 619. The van der Waals surface area contributed by atoms with Gasteiger partial charge in [0.05, 0.1) is 11.8 Å². The number of nitrogens with one attached hydrogen (secondary N) is 2. The van der Waals surface area contributed by atoms with Crippen LogP contribution in [-0.4, -0.2) is 38.9 Å². The van der Waals surface area contributed by atoms with Gasteiger partial charge >= 0.3 is 0 Å². The second-order valence-corrected chi connectivity index (χ2v) is 5.99. The number of amides is 2. The van der Waals surface area contributed by atoms with E-state index in [9.17, 15) is 9.59 Å². The van der Waals surface area contributed by atoms with Crippen molar-refractivity contribution in [2.24, 2.45) is 11.8 Å². The van der Waals surface area contributed by atoms with Gasteiger partial charge < -0.3 is 24.8 Å². The smallest absolute Gasteiger partial charge is 0.231 e. The van der Waals surface area contributed by atoms with Crippen LogP contribution < -0.4 is 20.1 Å². The predicted octanol–water partition coefficient (Wildman–Crippen LogP) is 0.820. The van der Waals surface area contributed by atoms with Gasteiger partial charge in [-0.2, -0.15) is 0 Å². The van der Waals surface area contributed by atoms with Crippen LogP contribution in [0.25, 0.3) is 0 Å². The summed E-state index contributed by atoms with van der Waals surface area (Å²) in [5.74, 6) is 0.865. The first-order valence-electron chi connectivity index (χ1n) is 8.12. The van der Waals surface area contributed by atoms with Crippen molar-refractivity contribution in [3.8, 4) is 11.5 Å². The fraction of sp³-hybridized carbons (Fsp3) is 0.529. The molecule has 1 aliphatic carbocycles. The summed E-state index contributed by atoms with van der Waals surface area (Å²) in [5, 5.41) is 5.71. The number of ether oxygens (including phenoxy) is 3. The van der Waals surface area contributed by atoms with Gasteiger partial charge in [-0.1, -0.05) is 6.07 Å². The molecule has 24 heavy (non-hydrogen) atoms. The number of carbonyl (C=O) groups is 2. The van der Waals surface area contributed by atoms with E-state index in [2.05, 4.69) is 10.6 Å². The highest BCUT2D eigenvalue weighted by atomic mass is 16.7. The van der Waals surface area contributed by atoms with Crippen LogP contribution in [0.4, 0.5) is 0 Å². The Labute approximate surface area is 140 Å². The number of fused-ring (bicyclic) bond motifs is 1. The van der Waals surface area contributed by atoms with Crippen LogP contribution in [0.2, 0.25) is 0 Å². The predicted molar refractivity (Wildman–Crippen MR) is 85.5 cm³/mol. The van der Waals surface area contributed by atoms with E-state index in [1.165, 1.54) is 0 Å². The summed E-state index contributed by atoms with van der Waals surface area (Å²) in [5.41, 5.74) is 0.939. The highest BCUT2D eigenvalue weighted by Gasteiger charge is 2.47. The van der Waals surface area contributed by atoms with E-state index < -0.39 is 0 Å². The van der Waals surface area contributed by atoms with E-state index in [0.717, 1.165) is 17.7 Å². The lowest BCUT2D eigenvalue weighted by Gasteiger charge is -2.07. The molecule has 2 aliphatic rings. The van der Waals surface area contributed by atoms with Crippen molar-refractivity contribution in [2.45, 2.75) is 19.4 Å². The zero-order valence-corrected chi connectivity index (χ0v) is 13.7. The lowest BCUT2D eigenvalue weighted by molar-refractivity contribution is -0.127. The van der Waals surface area contributed by atoms with Crippen molar-refractivity contribution >= 4 is 11.8 Å². The molecule has 7 nitrogen and oxygen atoms in total. The van der Waals surface area contributed by atoms with E-state index >= 15 is 0 Å². The van der Waals surface area contributed by atoms with Gasteiger partial charge in [0, 0.05) is 26.8 Å². The molecule has 2 unspecified atom stereocenters. The molecule has 1 aromatic carbocycles. The first kappa shape index (κ1) is 16.6. The molecule has 0 saturated heterocycles. The average molecular weight is 334 g/mol. The van der Waals surface area contributed by atoms with Gasteiger partial charge in [0.1, 0.15) is 0 Å². The van der Waals surface area contributed by atoms with Crippen molar-refractivity contribution in [1.82, 2.24) is 10.6 Å². The van der Waals surface area contributed by atoms with Crippen LogP contribution in [0.5, 0.6) is 11.5 Å². The second-order valence-electron chi connectivity index (χ2n) is 5.99. The van der Waals surface area contributed by atoms with Crippen molar-refractivity contribution in [3.05, 3.63) is 23.8 Å². The molecule has 7 heteroatoms. The summed E-state index contributed by atoms with van der Waals surface area (Å²) >= 11 is 0. The lowest BCUT2D eigenvalue weighted by atomic mass is 10.2. The zero-order valence-electron chi connectivity index (χ0n) is 13.7. The van der Waals surface area contributed by atoms with E-state index in [1.54, 1.807) is 7.11 Å². The first-order chi connectivity index (χ1) is 11.7. The molecule has 1 fully saturated rings. The third-order valence-electron chi connectivity index (χ3n) is 4.19. The van der Waals surface area contributed by atoms with Gasteiger partial charge in [-0.3, -0.25) is 9.59 Å². The Balaban J connectivity index is 1.39. The molecule has 2 atom stereocenters. The molecule has 1 saturated carbocycles. The highest BCUT2D eigenvalue weighted by molar-refractivity contribution is 5.92. The molecular weight excluding hydrogens is 312 g/mol. The van der Waals surface area contributed by atoms with Gasteiger partial charge in [-0.15, -0.1) is 0 Å². The van der Waals surface area contributed by atoms with Crippen molar-refractivity contribution in [3.63, 3.8) is 0 Å². The molecule has 0 radical (unpaired) electrons. The summed E-state index contributed by atoms with van der Waals surface area (Å²) < 4.78 is 15.5. The lowest BCUT2D eigenvalue weighted by Crippen LogP contribution is -2.30. The maximum Gasteiger partial charge on any atom is 0.231 e. The minimum Gasteiger partial charge on any atom is -0.454 e. The van der Waals surface area contributed by atoms with Crippen LogP contribution in [0.15, 0.2) is 18.2 Å². The van der Waals surface area contributed by atoms with Gasteiger partial charge in [0.15, 0.2) is 11.5 Å². The standard InChI is InChI=1S/C17H22N2O5/c1-22-6-2-5-18-16(20)12-8-13(12)17(21)19-9-11-3-4-14-15(7-11)24-10-23-14/h3-4,7,12-13H,2,5-6,8-10H2,1H3,(H,18,20)(H,19,21). The number of methoxy groups -OCH3 is 1. The maximum absolute atomic E-state index is 12.1. The van der Waals surface area contributed by atoms with Gasteiger partial charge in [-0.25, -0.2) is 0 Å². The Kier molecular flexibility index (Phi) is 5.20. The normalized spacial score (nSPS) is 20.5. The molecule has 130 valence electrons. The van der Waals surface area contributed by atoms with Crippen molar-refractivity contribution in [2.75, 3.05) is 27.1 Å². The van der Waals surface area contributed by atoms with Crippen LogP contribution >= 0.6 is 0 Å². The maximum atomic E-state index is 12.1. The fourth-order valence-electron chi connectivity index (χ4n) is 2.70. The summed E-state index contributed by atoms with van der Waals surface area (Å²) in [4.78, 5) is 24.1. The van der Waals surface area contributed by atoms with Gasteiger partial charge in [-0.05, 0) is 30.5 Å². The zero-order chi connectivity index (χ0) is 16.9. The van der Waals surface area contributed by atoms with Crippen LogP contribution in [0.1, 0.15) is 18.4 Å². The van der Waals surface area contributed by atoms with E-state index in [-0.39, 0.29) is 30.4 Å². The largest absolute Gasteiger partial charge is 0.454 e. The molecular formula is C17H22N2O5. The van der Waals surface area contributed by atoms with E-state index in [1.807, 2.05) is 18.2 Å². The topological polar surface area (TPSA) is 85.9 Å². The molecule has 0 aromatic heterocycles. The summed E-state index contributed by atoms with van der Waals surface area (Å²) in [6.07, 6.45) is 1.39. The summed E-state index contributed by atoms with van der Waals surface area (Å²) in [7, 11) is 1.63. The van der Waals surface area contributed by atoms with E-state index in [4.69, 9.17) is 14.2 Å². The minimum absolute atomic E-state index is 0.0469. The number of hydrogen-bond donors (Lipinski definition) is 2. The molecule has 3 rings (SSSR count). The molecule has 1 heterocycles. The van der Waals surface area contributed by atoms with Crippen molar-refractivity contribution < 1.29 is 23.8 Å². The quantitative estimate of drug-likeness (QED) is 0.688. The molecule has 0 spiro atoms. The Morgan fingerprint density at radius 3 is 2.71 bits per heavy atom. The molecule has 1 aliphatic heterocycles. The molecule has 2 amide bonds. The molecule has 2 N–H and O–H groups in total. The number of rotatable bonds is 8. The monoisotopic (exact) mass is 334 g/mol. The van der Waals surface area contributed by atoms with Gasteiger partial charge in [0.25, 0.3) is 0 Å². The Morgan fingerprint density at radius 2 is 1.92 bits per heavy atom. The average Bonchev–Trinajstić information content (AvgIpc) is 3.26. The molecule has 1 aromatic rings. The van der Waals surface area contributed by atoms with Gasteiger partial charge in [0.2, 0.25) is 18.6 Å². The van der Waals surface area contributed by atoms with E-state index in [0.29, 0.717) is 31.9 Å². The molecule has 0 bridgehead atoms. The summed E-state index contributed by atoms with van der Waals surface area (Å²) in [6.45, 7) is 1.83. The first-order valence-corrected chi connectivity index (χ1v) is 8.12. The third-order valence-corrected chi connectivity index (χ3v) is 4.19. The van der Waals surface area contributed by atoms with Crippen LogP contribution in [0, 0.1) is 11.8 Å². The highest BCUT2D eigenvalue weighted by Crippen LogP contribution is 2.39. The number of carbonyl (C=O) groups excluding carboxylic acids is 2. The number of benzene rings is 1. The third kappa shape index (κ3) is 3.97. The van der Waals surface area contributed by atoms with Crippen molar-refractivity contribution in [1.29, 1.82) is 0 Å². The number of hydrogen-bond acceptors (Lipinski definition) is 5. The summed E-state index contributed by atoms with van der Waals surface area (Å²) in [6, 6.07) is 5.58. The van der Waals surface area contributed by atoms with Crippen LogP contribution in [-0.2, 0) is 20.9 Å². The second kappa shape index (κ2) is 7.53. The Morgan fingerprint density at radius 1 is 1.17 bits per heavy atom. The fourth-order valence-corrected chi connectivity index (χ4v) is 2.70. The minimum atomic E-state index is -0.221. The van der Waals surface area contributed by atoms with Crippen LogP contribution in [0.3, 0.4) is 0 Å².